The number of aromatic nitrogens is 4. The van der Waals surface area contributed by atoms with Crippen molar-refractivity contribution >= 4 is 28.5 Å². The molecular formula is C31H34N6O3. The summed E-state index contributed by atoms with van der Waals surface area (Å²) in [5.74, 6) is 0.827. The molecule has 2 N–H and O–H groups in total. The van der Waals surface area contributed by atoms with Gasteiger partial charge >= 0.3 is 6.09 Å². The Bertz CT molecular complexity index is 1640. The van der Waals surface area contributed by atoms with Gasteiger partial charge in [0, 0.05) is 36.7 Å². The highest BCUT2D eigenvalue weighted by molar-refractivity contribution is 5.89. The molecule has 1 fully saturated rings. The summed E-state index contributed by atoms with van der Waals surface area (Å²) in [6.07, 6.45) is 5.22. The van der Waals surface area contributed by atoms with E-state index >= 15 is 0 Å². The van der Waals surface area contributed by atoms with Gasteiger partial charge in [0.2, 0.25) is 5.82 Å². The molecule has 2 unspecified atom stereocenters. The van der Waals surface area contributed by atoms with Crippen LogP contribution in [0.25, 0.3) is 22.2 Å². The van der Waals surface area contributed by atoms with Crippen LogP contribution in [0.5, 0.6) is 0 Å². The van der Waals surface area contributed by atoms with Crippen molar-refractivity contribution < 1.29 is 14.3 Å². The fourth-order valence-corrected chi connectivity index (χ4v) is 5.82. The second-order valence-electron chi connectivity index (χ2n) is 11.8. The van der Waals surface area contributed by atoms with Gasteiger partial charge in [0.15, 0.2) is 0 Å². The molecule has 2 aromatic carbocycles. The molecule has 2 amide bonds. The molecule has 40 heavy (non-hydrogen) atoms. The van der Waals surface area contributed by atoms with Gasteiger partial charge < -0.3 is 19.9 Å². The minimum absolute atomic E-state index is 0.0120. The van der Waals surface area contributed by atoms with Crippen LogP contribution in [0, 0.1) is 18.8 Å². The van der Waals surface area contributed by atoms with E-state index in [1.807, 2.05) is 37.8 Å². The SMILES string of the molecule is Cc1nc(C(N)=O)nn1-c1ccc2c(ccn2Cc2ccc(C3=CC4CN(C(=O)OC(C)(C)C)CC4C3)cc2)c1. The molecule has 4 aromatic rings. The summed E-state index contributed by atoms with van der Waals surface area (Å²) < 4.78 is 9.42. The van der Waals surface area contributed by atoms with Crippen molar-refractivity contribution in [2.75, 3.05) is 13.1 Å². The lowest BCUT2D eigenvalue weighted by atomic mass is 9.98. The Labute approximate surface area is 233 Å². The van der Waals surface area contributed by atoms with Crippen molar-refractivity contribution in [3.8, 4) is 5.69 Å². The van der Waals surface area contributed by atoms with Gasteiger partial charge in [-0.1, -0.05) is 30.3 Å². The zero-order valence-electron chi connectivity index (χ0n) is 23.3. The third-order valence-electron chi connectivity index (χ3n) is 7.71. The Morgan fingerprint density at radius 1 is 1.07 bits per heavy atom. The molecule has 6 rings (SSSR count). The maximum atomic E-state index is 12.5. The monoisotopic (exact) mass is 538 g/mol. The molecule has 1 aliphatic carbocycles. The van der Waals surface area contributed by atoms with E-state index in [2.05, 4.69) is 63.3 Å². The van der Waals surface area contributed by atoms with Crippen LogP contribution in [-0.4, -0.2) is 54.9 Å². The summed E-state index contributed by atoms with van der Waals surface area (Å²) in [6, 6.07) is 17.0. The molecule has 0 spiro atoms. The number of fused-ring (bicyclic) bond motifs is 2. The van der Waals surface area contributed by atoms with E-state index < -0.39 is 11.5 Å². The number of benzene rings is 2. The number of aryl methyl sites for hydroxylation is 1. The lowest BCUT2D eigenvalue weighted by Crippen LogP contribution is -2.35. The summed E-state index contributed by atoms with van der Waals surface area (Å²) in [6.45, 7) is 9.75. The second-order valence-corrected chi connectivity index (χ2v) is 11.8. The largest absolute Gasteiger partial charge is 0.444 e. The highest BCUT2D eigenvalue weighted by Gasteiger charge is 2.39. The molecule has 1 aliphatic heterocycles. The van der Waals surface area contributed by atoms with E-state index in [-0.39, 0.29) is 11.9 Å². The summed E-state index contributed by atoms with van der Waals surface area (Å²) in [4.78, 5) is 29.9. The van der Waals surface area contributed by atoms with E-state index in [9.17, 15) is 9.59 Å². The van der Waals surface area contributed by atoms with E-state index in [1.165, 1.54) is 16.7 Å². The number of likely N-dealkylation sites (tertiary alicyclic amines) is 1. The molecule has 9 nitrogen and oxygen atoms in total. The number of carbonyl (C=O) groups excluding carboxylic acids is 2. The van der Waals surface area contributed by atoms with Crippen LogP contribution >= 0.6 is 0 Å². The van der Waals surface area contributed by atoms with E-state index in [4.69, 9.17) is 10.5 Å². The number of amides is 2. The highest BCUT2D eigenvalue weighted by atomic mass is 16.6. The van der Waals surface area contributed by atoms with E-state index in [0.29, 0.717) is 17.7 Å². The van der Waals surface area contributed by atoms with Crippen LogP contribution in [0.3, 0.4) is 0 Å². The lowest BCUT2D eigenvalue weighted by Gasteiger charge is -2.24. The van der Waals surface area contributed by atoms with Gasteiger partial charge in [0.05, 0.1) is 5.69 Å². The Hall–Kier alpha value is -4.40. The molecule has 2 atom stereocenters. The molecule has 3 heterocycles. The first-order valence-electron chi connectivity index (χ1n) is 13.6. The number of nitrogens with zero attached hydrogens (tertiary/aromatic N) is 5. The number of hydrogen-bond acceptors (Lipinski definition) is 5. The number of nitrogens with two attached hydrogens (primary N) is 1. The Morgan fingerprint density at radius 3 is 2.52 bits per heavy atom. The van der Waals surface area contributed by atoms with Gasteiger partial charge in [0.25, 0.3) is 5.91 Å². The Kier molecular flexibility index (Phi) is 6.24. The van der Waals surface area contributed by atoms with Gasteiger partial charge in [-0.3, -0.25) is 4.79 Å². The van der Waals surface area contributed by atoms with Crippen LogP contribution < -0.4 is 5.73 Å². The predicted octanol–water partition coefficient (Wildman–Crippen LogP) is 4.95. The quantitative estimate of drug-likeness (QED) is 0.387. The molecular weight excluding hydrogens is 504 g/mol. The molecule has 0 saturated carbocycles. The van der Waals surface area contributed by atoms with Gasteiger partial charge in [-0.2, -0.15) is 0 Å². The van der Waals surface area contributed by atoms with Crippen LogP contribution in [-0.2, 0) is 11.3 Å². The topological polar surface area (TPSA) is 108 Å². The standard InChI is InChI=1S/C31H34N6O3/c1-19-33-29(28(32)38)34-37(19)26-9-10-27-22(15-26)11-12-35(27)16-20-5-7-21(8-6-20)23-13-24-17-36(18-25(24)14-23)30(39)40-31(2,3)4/h5-13,15,24-25H,14,16-18H2,1-4H3,(H2,32,38). The minimum atomic E-state index is -0.642. The van der Waals surface area contributed by atoms with Crippen molar-refractivity contribution in [1.29, 1.82) is 0 Å². The maximum Gasteiger partial charge on any atom is 0.410 e. The van der Waals surface area contributed by atoms with Crippen molar-refractivity contribution in [3.63, 3.8) is 0 Å². The average Bonchev–Trinajstić information content (AvgIpc) is 3.66. The number of allylic oxidation sites excluding steroid dienone is 1. The van der Waals surface area contributed by atoms with Crippen molar-refractivity contribution in [2.24, 2.45) is 17.6 Å². The van der Waals surface area contributed by atoms with Gasteiger partial charge in [0.1, 0.15) is 11.4 Å². The molecule has 2 aromatic heterocycles. The molecule has 2 aliphatic rings. The normalized spacial score (nSPS) is 18.7. The molecule has 0 radical (unpaired) electrons. The summed E-state index contributed by atoms with van der Waals surface area (Å²) in [5.41, 5.74) is 10.7. The van der Waals surface area contributed by atoms with Gasteiger partial charge in [-0.25, -0.2) is 14.5 Å². The lowest BCUT2D eigenvalue weighted by molar-refractivity contribution is 0.0285. The third-order valence-corrected chi connectivity index (χ3v) is 7.71. The van der Waals surface area contributed by atoms with Crippen LogP contribution in [0.2, 0.25) is 0 Å². The van der Waals surface area contributed by atoms with Crippen LogP contribution in [0.4, 0.5) is 4.79 Å². The zero-order chi connectivity index (χ0) is 28.2. The zero-order valence-corrected chi connectivity index (χ0v) is 23.3. The Morgan fingerprint density at radius 2 is 1.85 bits per heavy atom. The predicted molar refractivity (Wildman–Crippen MR) is 153 cm³/mol. The smallest absolute Gasteiger partial charge is 0.410 e. The first-order chi connectivity index (χ1) is 19.0. The van der Waals surface area contributed by atoms with E-state index in [1.54, 1.807) is 11.6 Å². The van der Waals surface area contributed by atoms with Crippen LogP contribution in [0.15, 0.2) is 60.8 Å². The first kappa shape index (κ1) is 25.9. The Balaban J connectivity index is 1.13. The fourth-order valence-electron chi connectivity index (χ4n) is 5.82. The van der Waals surface area contributed by atoms with E-state index in [0.717, 1.165) is 42.6 Å². The second kappa shape index (κ2) is 9.66. The van der Waals surface area contributed by atoms with Crippen molar-refractivity contribution in [1.82, 2.24) is 24.2 Å². The number of ether oxygens (including phenoxy) is 1. The average molecular weight is 539 g/mol. The molecule has 9 heteroatoms. The maximum absolute atomic E-state index is 12.5. The fraction of sp³-hybridized carbons (Fsp3) is 0.355. The summed E-state index contributed by atoms with van der Waals surface area (Å²) in [7, 11) is 0. The summed E-state index contributed by atoms with van der Waals surface area (Å²) >= 11 is 0. The minimum Gasteiger partial charge on any atom is -0.444 e. The summed E-state index contributed by atoms with van der Waals surface area (Å²) in [5, 5.41) is 5.32. The number of hydrogen-bond donors (Lipinski definition) is 1. The van der Waals surface area contributed by atoms with Crippen molar-refractivity contribution in [3.05, 3.63) is 83.6 Å². The highest BCUT2D eigenvalue weighted by Crippen LogP contribution is 2.41. The van der Waals surface area contributed by atoms with Gasteiger partial charge in [-0.15, -0.1) is 5.10 Å². The van der Waals surface area contributed by atoms with Crippen LogP contribution in [0.1, 0.15) is 54.8 Å². The number of carbonyl (C=O) groups is 2. The number of rotatable bonds is 5. The molecule has 206 valence electrons. The van der Waals surface area contributed by atoms with Gasteiger partial charge in [-0.05, 0) is 86.9 Å². The van der Waals surface area contributed by atoms with Crippen molar-refractivity contribution in [2.45, 2.75) is 46.3 Å². The molecule has 1 saturated heterocycles. The molecule has 0 bridgehead atoms. The number of primary amides is 1. The third kappa shape index (κ3) is 4.99. The first-order valence-corrected chi connectivity index (χ1v) is 13.6.